The maximum absolute atomic E-state index is 13.3. The van der Waals surface area contributed by atoms with Crippen molar-refractivity contribution in [1.29, 1.82) is 0 Å². The van der Waals surface area contributed by atoms with Crippen LogP contribution in [0.1, 0.15) is 0 Å². The average Bonchev–Trinajstić information content (AvgIpc) is 2.34. The highest BCUT2D eigenvalue weighted by atomic mass is 35.5. The van der Waals surface area contributed by atoms with E-state index in [2.05, 4.69) is 0 Å². The fraction of sp³-hybridized carbons (Fsp3) is 0. The summed E-state index contributed by atoms with van der Waals surface area (Å²) in [6, 6.07) is 10.2. The molecule has 0 amide bonds. The SMILES string of the molecule is O=[N+]([O-])c1cc(Cl)c(F)cc1Oc1ccccc1. The Bertz CT molecular complexity index is 589. The van der Waals surface area contributed by atoms with Crippen LogP contribution in [0.3, 0.4) is 0 Å². The number of benzene rings is 2. The van der Waals surface area contributed by atoms with Crippen LogP contribution in [-0.2, 0) is 0 Å². The summed E-state index contributed by atoms with van der Waals surface area (Å²) in [6.45, 7) is 0. The third-order valence-electron chi connectivity index (χ3n) is 2.17. The summed E-state index contributed by atoms with van der Waals surface area (Å²) in [6.07, 6.45) is 0. The van der Waals surface area contributed by atoms with Gasteiger partial charge >= 0.3 is 5.69 Å². The molecule has 0 saturated carbocycles. The Kier molecular flexibility index (Phi) is 3.43. The van der Waals surface area contributed by atoms with Crippen molar-refractivity contribution in [3.63, 3.8) is 0 Å². The molecule has 6 heteroatoms. The fourth-order valence-electron chi connectivity index (χ4n) is 1.36. The van der Waals surface area contributed by atoms with E-state index < -0.39 is 10.7 Å². The van der Waals surface area contributed by atoms with Gasteiger partial charge in [-0.2, -0.15) is 0 Å². The Morgan fingerprint density at radius 3 is 2.50 bits per heavy atom. The maximum atomic E-state index is 13.3. The number of rotatable bonds is 3. The van der Waals surface area contributed by atoms with Gasteiger partial charge in [0.2, 0.25) is 5.75 Å². The van der Waals surface area contributed by atoms with Crippen molar-refractivity contribution in [3.8, 4) is 11.5 Å². The quantitative estimate of drug-likeness (QED) is 0.619. The summed E-state index contributed by atoms with van der Waals surface area (Å²) in [7, 11) is 0. The van der Waals surface area contributed by atoms with Crippen molar-refractivity contribution in [2.45, 2.75) is 0 Å². The molecule has 18 heavy (non-hydrogen) atoms. The first-order valence-electron chi connectivity index (χ1n) is 4.94. The maximum Gasteiger partial charge on any atom is 0.313 e. The molecule has 0 atom stereocenters. The molecule has 0 aliphatic heterocycles. The monoisotopic (exact) mass is 267 g/mol. The number of ether oxygens (including phenoxy) is 1. The number of hydrogen-bond donors (Lipinski definition) is 0. The van der Waals surface area contributed by atoms with Crippen LogP contribution in [0.25, 0.3) is 0 Å². The molecule has 0 heterocycles. The Balaban J connectivity index is 2.43. The first kappa shape index (κ1) is 12.3. The Labute approximate surface area is 107 Å². The Morgan fingerprint density at radius 1 is 1.22 bits per heavy atom. The van der Waals surface area contributed by atoms with Gasteiger partial charge in [-0.1, -0.05) is 29.8 Å². The molecule has 4 nitrogen and oxygen atoms in total. The third kappa shape index (κ3) is 2.57. The molecule has 0 aliphatic rings. The van der Waals surface area contributed by atoms with Gasteiger partial charge in [0, 0.05) is 12.1 Å². The van der Waals surface area contributed by atoms with Crippen LogP contribution in [0.15, 0.2) is 42.5 Å². The molecule has 0 spiro atoms. The Morgan fingerprint density at radius 2 is 1.89 bits per heavy atom. The van der Waals surface area contributed by atoms with Crippen molar-refractivity contribution in [1.82, 2.24) is 0 Å². The molecule has 0 N–H and O–H groups in total. The molecule has 0 radical (unpaired) electrons. The molecule has 2 aromatic rings. The van der Waals surface area contributed by atoms with Gasteiger partial charge in [-0.3, -0.25) is 10.1 Å². The van der Waals surface area contributed by atoms with Gasteiger partial charge in [0.25, 0.3) is 0 Å². The zero-order valence-corrected chi connectivity index (χ0v) is 9.73. The molecule has 2 aromatic carbocycles. The van der Waals surface area contributed by atoms with Crippen molar-refractivity contribution < 1.29 is 14.1 Å². The molecule has 0 fully saturated rings. The standard InChI is InChI=1S/C12H7ClFNO3/c13-9-6-11(15(16)17)12(7-10(9)14)18-8-4-2-1-3-5-8/h1-7H. The van der Waals surface area contributed by atoms with Gasteiger partial charge in [0.15, 0.2) is 0 Å². The van der Waals surface area contributed by atoms with Crippen molar-refractivity contribution in [2.75, 3.05) is 0 Å². The molecule has 0 bridgehead atoms. The largest absolute Gasteiger partial charge is 0.450 e. The summed E-state index contributed by atoms with van der Waals surface area (Å²) >= 11 is 5.50. The zero-order valence-electron chi connectivity index (χ0n) is 8.97. The predicted molar refractivity (Wildman–Crippen MR) is 64.6 cm³/mol. The van der Waals surface area contributed by atoms with Crippen LogP contribution in [0, 0.1) is 15.9 Å². The topological polar surface area (TPSA) is 52.4 Å². The summed E-state index contributed by atoms with van der Waals surface area (Å²) in [4.78, 5) is 10.1. The van der Waals surface area contributed by atoms with Gasteiger partial charge in [0.1, 0.15) is 11.6 Å². The average molecular weight is 268 g/mol. The van der Waals surface area contributed by atoms with E-state index in [-0.39, 0.29) is 16.5 Å². The second-order valence-corrected chi connectivity index (χ2v) is 3.81. The van der Waals surface area contributed by atoms with Crippen LogP contribution >= 0.6 is 11.6 Å². The van der Waals surface area contributed by atoms with E-state index in [1.807, 2.05) is 0 Å². The third-order valence-corrected chi connectivity index (χ3v) is 2.46. The molecule has 0 unspecified atom stereocenters. The molecule has 2 rings (SSSR count). The molecular formula is C12H7ClFNO3. The lowest BCUT2D eigenvalue weighted by atomic mass is 10.3. The van der Waals surface area contributed by atoms with E-state index >= 15 is 0 Å². The van der Waals surface area contributed by atoms with Crippen LogP contribution in [0.5, 0.6) is 11.5 Å². The first-order valence-corrected chi connectivity index (χ1v) is 5.32. The molecule has 0 aliphatic carbocycles. The zero-order chi connectivity index (χ0) is 13.1. The van der Waals surface area contributed by atoms with Crippen LogP contribution in [-0.4, -0.2) is 4.92 Å². The number of nitro groups is 1. The number of nitrogens with zero attached hydrogens (tertiary/aromatic N) is 1. The minimum Gasteiger partial charge on any atom is -0.450 e. The van der Waals surface area contributed by atoms with Gasteiger partial charge in [-0.15, -0.1) is 0 Å². The van der Waals surface area contributed by atoms with Crippen LogP contribution < -0.4 is 4.74 Å². The highest BCUT2D eigenvalue weighted by Gasteiger charge is 2.19. The number of nitro benzene ring substituents is 1. The minimum absolute atomic E-state index is 0.187. The van der Waals surface area contributed by atoms with E-state index in [1.165, 1.54) is 0 Å². The summed E-state index contributed by atoms with van der Waals surface area (Å²) in [5.41, 5.74) is -0.384. The van der Waals surface area contributed by atoms with Crippen molar-refractivity contribution in [2.24, 2.45) is 0 Å². The van der Waals surface area contributed by atoms with Gasteiger partial charge in [-0.25, -0.2) is 4.39 Å². The summed E-state index contributed by atoms with van der Waals surface area (Å²) in [5, 5.41) is 10.5. The highest BCUT2D eigenvalue weighted by Crippen LogP contribution is 2.35. The number of halogens is 2. The van der Waals surface area contributed by atoms with Crippen LogP contribution in [0.2, 0.25) is 5.02 Å². The summed E-state index contributed by atoms with van der Waals surface area (Å²) in [5.74, 6) is -0.580. The lowest BCUT2D eigenvalue weighted by molar-refractivity contribution is -0.385. The van der Waals surface area contributed by atoms with Gasteiger partial charge in [-0.05, 0) is 12.1 Å². The Hall–Kier alpha value is -2.14. The molecule has 0 aromatic heterocycles. The van der Waals surface area contributed by atoms with Crippen molar-refractivity contribution >= 4 is 17.3 Å². The molecule has 92 valence electrons. The highest BCUT2D eigenvalue weighted by molar-refractivity contribution is 6.31. The van der Waals surface area contributed by atoms with E-state index in [0.29, 0.717) is 5.75 Å². The summed E-state index contributed by atoms with van der Waals surface area (Å²) < 4.78 is 18.6. The predicted octanol–water partition coefficient (Wildman–Crippen LogP) is 4.18. The second kappa shape index (κ2) is 5.01. The molecular weight excluding hydrogens is 261 g/mol. The van der Waals surface area contributed by atoms with Gasteiger partial charge < -0.3 is 4.74 Å². The second-order valence-electron chi connectivity index (χ2n) is 3.41. The lowest BCUT2D eigenvalue weighted by Crippen LogP contribution is -1.95. The lowest BCUT2D eigenvalue weighted by Gasteiger charge is -2.06. The fourth-order valence-corrected chi connectivity index (χ4v) is 1.52. The van der Waals surface area contributed by atoms with E-state index in [4.69, 9.17) is 16.3 Å². The first-order chi connectivity index (χ1) is 8.58. The number of hydrogen-bond acceptors (Lipinski definition) is 3. The number of para-hydroxylation sites is 1. The smallest absolute Gasteiger partial charge is 0.313 e. The van der Waals surface area contributed by atoms with Crippen molar-refractivity contribution in [3.05, 3.63) is 63.4 Å². The molecule has 0 saturated heterocycles. The minimum atomic E-state index is -0.770. The normalized spacial score (nSPS) is 10.1. The van der Waals surface area contributed by atoms with E-state index in [0.717, 1.165) is 12.1 Å². The van der Waals surface area contributed by atoms with E-state index in [1.54, 1.807) is 30.3 Å². The van der Waals surface area contributed by atoms with Gasteiger partial charge in [0.05, 0.1) is 9.95 Å². The van der Waals surface area contributed by atoms with E-state index in [9.17, 15) is 14.5 Å². The van der Waals surface area contributed by atoms with Crippen LogP contribution in [0.4, 0.5) is 10.1 Å².